The third kappa shape index (κ3) is 7.01. The van der Waals surface area contributed by atoms with Crippen LogP contribution in [0.25, 0.3) is 28.9 Å². The van der Waals surface area contributed by atoms with Gasteiger partial charge in [0, 0.05) is 55.7 Å². The predicted molar refractivity (Wildman–Crippen MR) is 129 cm³/mol. The van der Waals surface area contributed by atoms with Gasteiger partial charge in [-0.05, 0) is 25.7 Å². The van der Waals surface area contributed by atoms with Gasteiger partial charge in [-0.25, -0.2) is 19.9 Å². The molecular formula is C24H28F3N7O3. The smallest absolute Gasteiger partial charge is 0.410 e. The van der Waals surface area contributed by atoms with Crippen LogP contribution in [0.15, 0.2) is 30.5 Å². The van der Waals surface area contributed by atoms with Gasteiger partial charge >= 0.3 is 6.36 Å². The van der Waals surface area contributed by atoms with Gasteiger partial charge in [-0.3, -0.25) is 4.98 Å². The molecule has 1 aliphatic heterocycles. The molecule has 3 aromatic rings. The molecule has 4 rings (SSSR count). The molecule has 3 aromatic heterocycles. The van der Waals surface area contributed by atoms with Gasteiger partial charge < -0.3 is 24.8 Å². The Morgan fingerprint density at radius 1 is 1.11 bits per heavy atom. The molecule has 13 heteroatoms. The fourth-order valence-electron chi connectivity index (χ4n) is 4.12. The van der Waals surface area contributed by atoms with Crippen LogP contribution in [0.3, 0.4) is 0 Å². The number of anilines is 1. The van der Waals surface area contributed by atoms with Gasteiger partial charge in [-0.15, -0.1) is 13.2 Å². The van der Waals surface area contributed by atoms with Gasteiger partial charge in [0.2, 0.25) is 5.95 Å². The lowest BCUT2D eigenvalue weighted by atomic mass is 9.93. The molecule has 0 unspecified atom stereocenters. The first-order chi connectivity index (χ1) is 17.6. The van der Waals surface area contributed by atoms with Crippen molar-refractivity contribution in [3.05, 3.63) is 41.9 Å². The van der Waals surface area contributed by atoms with Crippen LogP contribution in [0.5, 0.6) is 0 Å². The standard InChI is InChI=1S/C24H28F3N7O3/c1-3-17(37-24(25,26)27)9-18-14(2)32-22(33-18)20-13-28-19(12-29-20)16-10-30-23(31-11-16)34-6-4-15(5-7-34)8-21(35)36/h9-13,15,21,35-36H,3-8H2,1-2H3,(H,32,33). The van der Waals surface area contributed by atoms with Crippen molar-refractivity contribution in [3.63, 3.8) is 0 Å². The Kier molecular flexibility index (Phi) is 8.03. The van der Waals surface area contributed by atoms with E-state index in [0.29, 0.717) is 46.5 Å². The Labute approximate surface area is 211 Å². The number of aromatic amines is 1. The third-order valence-corrected chi connectivity index (χ3v) is 6.09. The molecule has 0 amide bonds. The molecule has 0 aromatic carbocycles. The maximum atomic E-state index is 12.6. The van der Waals surface area contributed by atoms with Crippen LogP contribution in [-0.4, -0.2) is 65.9 Å². The number of nitrogens with zero attached hydrogens (tertiary/aromatic N) is 6. The number of piperidine rings is 1. The SMILES string of the molecule is CCC(=Cc1nc(-c2cnc(-c3cnc(N4CCC(CC(O)O)CC4)nc3)cn2)[nH]c1C)OC(F)(F)F. The summed E-state index contributed by atoms with van der Waals surface area (Å²) in [6.45, 7) is 4.75. The fraction of sp³-hybridized carbons (Fsp3) is 0.458. The molecule has 0 spiro atoms. The number of imidazole rings is 1. The van der Waals surface area contributed by atoms with Crippen molar-refractivity contribution in [2.75, 3.05) is 18.0 Å². The zero-order valence-electron chi connectivity index (χ0n) is 20.4. The Balaban J connectivity index is 1.42. The largest absolute Gasteiger partial charge is 0.572 e. The van der Waals surface area contributed by atoms with E-state index in [-0.39, 0.29) is 18.1 Å². The number of aromatic nitrogens is 6. The van der Waals surface area contributed by atoms with Crippen LogP contribution in [0.2, 0.25) is 0 Å². The Morgan fingerprint density at radius 2 is 1.76 bits per heavy atom. The molecule has 1 saturated heterocycles. The van der Waals surface area contributed by atoms with Gasteiger partial charge in [-0.1, -0.05) is 6.92 Å². The van der Waals surface area contributed by atoms with Crippen molar-refractivity contribution in [1.29, 1.82) is 0 Å². The van der Waals surface area contributed by atoms with E-state index in [4.69, 9.17) is 10.2 Å². The number of allylic oxidation sites excluding steroid dienone is 1. The van der Waals surface area contributed by atoms with E-state index in [1.165, 1.54) is 12.3 Å². The minimum Gasteiger partial charge on any atom is -0.410 e. The highest BCUT2D eigenvalue weighted by molar-refractivity contribution is 5.60. The maximum Gasteiger partial charge on any atom is 0.572 e. The van der Waals surface area contributed by atoms with Crippen molar-refractivity contribution in [2.24, 2.45) is 5.92 Å². The minimum absolute atomic E-state index is 0.0582. The number of halogens is 3. The average molecular weight is 520 g/mol. The number of aryl methyl sites for hydroxylation is 1. The van der Waals surface area contributed by atoms with E-state index in [9.17, 15) is 13.2 Å². The average Bonchev–Trinajstić information content (AvgIpc) is 3.23. The summed E-state index contributed by atoms with van der Waals surface area (Å²) in [5.41, 5.74) is 2.55. The van der Waals surface area contributed by atoms with E-state index in [0.717, 1.165) is 25.9 Å². The second-order valence-corrected chi connectivity index (χ2v) is 8.81. The predicted octanol–water partition coefficient (Wildman–Crippen LogP) is 3.84. The number of ether oxygens (including phenoxy) is 1. The first-order valence-electron chi connectivity index (χ1n) is 11.9. The van der Waals surface area contributed by atoms with E-state index < -0.39 is 12.7 Å². The molecule has 1 fully saturated rings. The number of H-pyrrole nitrogens is 1. The van der Waals surface area contributed by atoms with Crippen LogP contribution >= 0.6 is 0 Å². The summed E-state index contributed by atoms with van der Waals surface area (Å²) in [7, 11) is 0. The Morgan fingerprint density at radius 3 is 2.32 bits per heavy atom. The summed E-state index contributed by atoms with van der Waals surface area (Å²) in [4.78, 5) is 27.1. The number of aliphatic hydroxyl groups is 2. The van der Waals surface area contributed by atoms with Crippen molar-refractivity contribution >= 4 is 12.0 Å². The van der Waals surface area contributed by atoms with Crippen LogP contribution < -0.4 is 4.90 Å². The number of nitrogens with one attached hydrogen (secondary N) is 1. The lowest BCUT2D eigenvalue weighted by Crippen LogP contribution is -2.35. The molecule has 37 heavy (non-hydrogen) atoms. The van der Waals surface area contributed by atoms with E-state index in [2.05, 4.69) is 39.5 Å². The summed E-state index contributed by atoms with van der Waals surface area (Å²) in [6.07, 6.45) is 3.74. The second-order valence-electron chi connectivity index (χ2n) is 8.81. The first-order valence-corrected chi connectivity index (χ1v) is 11.9. The number of aliphatic hydroxyl groups excluding tert-OH is 1. The van der Waals surface area contributed by atoms with Crippen LogP contribution in [0.4, 0.5) is 19.1 Å². The molecule has 4 heterocycles. The van der Waals surface area contributed by atoms with E-state index in [1.807, 2.05) is 0 Å². The molecule has 0 atom stereocenters. The highest BCUT2D eigenvalue weighted by Gasteiger charge is 2.31. The molecular weight excluding hydrogens is 491 g/mol. The number of rotatable bonds is 8. The van der Waals surface area contributed by atoms with Crippen molar-refractivity contribution in [3.8, 4) is 22.8 Å². The van der Waals surface area contributed by atoms with Gasteiger partial charge in [0.05, 0.1) is 23.8 Å². The quantitative estimate of drug-likeness (QED) is 0.300. The zero-order valence-corrected chi connectivity index (χ0v) is 20.4. The second kappa shape index (κ2) is 11.2. The summed E-state index contributed by atoms with van der Waals surface area (Å²) in [5.74, 6) is 1.00. The normalized spacial score (nSPS) is 15.5. The van der Waals surface area contributed by atoms with Gasteiger partial charge in [0.25, 0.3) is 0 Å². The summed E-state index contributed by atoms with van der Waals surface area (Å²) in [6, 6.07) is 0. The summed E-state index contributed by atoms with van der Waals surface area (Å²) in [5, 5.41) is 18.3. The van der Waals surface area contributed by atoms with Crippen molar-refractivity contribution < 1.29 is 28.1 Å². The van der Waals surface area contributed by atoms with Gasteiger partial charge in [0.15, 0.2) is 12.1 Å². The summed E-state index contributed by atoms with van der Waals surface area (Å²) < 4.78 is 41.8. The molecule has 0 bridgehead atoms. The van der Waals surface area contributed by atoms with Crippen LogP contribution in [-0.2, 0) is 4.74 Å². The summed E-state index contributed by atoms with van der Waals surface area (Å²) >= 11 is 0. The molecule has 0 radical (unpaired) electrons. The third-order valence-electron chi connectivity index (χ3n) is 6.09. The molecule has 3 N–H and O–H groups in total. The van der Waals surface area contributed by atoms with Crippen molar-refractivity contribution in [1.82, 2.24) is 29.9 Å². The van der Waals surface area contributed by atoms with Crippen LogP contribution in [0, 0.1) is 12.8 Å². The maximum absolute atomic E-state index is 12.6. The van der Waals surface area contributed by atoms with E-state index in [1.54, 1.807) is 32.4 Å². The highest BCUT2D eigenvalue weighted by atomic mass is 19.4. The molecule has 0 saturated carbocycles. The Hall–Kier alpha value is -3.58. The monoisotopic (exact) mass is 519 g/mol. The number of alkyl halides is 3. The van der Waals surface area contributed by atoms with Gasteiger partial charge in [-0.2, -0.15) is 0 Å². The Bertz CT molecular complexity index is 1200. The lowest BCUT2D eigenvalue weighted by Gasteiger charge is -2.32. The zero-order chi connectivity index (χ0) is 26.6. The van der Waals surface area contributed by atoms with Crippen LogP contribution in [0.1, 0.15) is 44.0 Å². The van der Waals surface area contributed by atoms with Crippen molar-refractivity contribution in [2.45, 2.75) is 52.2 Å². The molecule has 1 aliphatic rings. The lowest BCUT2D eigenvalue weighted by molar-refractivity contribution is -0.305. The topological polar surface area (TPSA) is 133 Å². The minimum atomic E-state index is -4.76. The van der Waals surface area contributed by atoms with Gasteiger partial charge in [0.1, 0.15) is 11.5 Å². The van der Waals surface area contributed by atoms with E-state index >= 15 is 0 Å². The first kappa shape index (κ1) is 26.5. The fourth-order valence-corrected chi connectivity index (χ4v) is 4.12. The molecule has 10 nitrogen and oxygen atoms in total. The molecule has 0 aliphatic carbocycles. The highest BCUT2D eigenvalue weighted by Crippen LogP contribution is 2.27. The number of hydrogen-bond acceptors (Lipinski definition) is 9. The number of hydrogen-bond donors (Lipinski definition) is 3. The molecule has 198 valence electrons.